The van der Waals surface area contributed by atoms with Gasteiger partial charge in [-0.3, -0.25) is 0 Å². The summed E-state index contributed by atoms with van der Waals surface area (Å²) in [6.45, 7) is 0.373. The summed E-state index contributed by atoms with van der Waals surface area (Å²) in [6, 6.07) is 5.05. The lowest BCUT2D eigenvalue weighted by molar-refractivity contribution is 0.186. The first-order valence-corrected chi connectivity index (χ1v) is 7.50. The highest BCUT2D eigenvalue weighted by molar-refractivity contribution is 5.86. The molecule has 2 heterocycles. The van der Waals surface area contributed by atoms with E-state index in [4.69, 9.17) is 5.26 Å². The Morgan fingerprint density at radius 3 is 2.92 bits per heavy atom. The monoisotopic (exact) mass is 344 g/mol. The molecule has 0 aliphatic heterocycles. The highest BCUT2D eigenvalue weighted by Gasteiger charge is 2.15. The SMILES string of the molecule is N#CCCn1ncc2c(NC[C@H](O)c3ccc(F)cc3F)ncnc21. The largest absolute Gasteiger partial charge is 0.386 e. The summed E-state index contributed by atoms with van der Waals surface area (Å²) in [4.78, 5) is 8.24. The fourth-order valence-corrected chi connectivity index (χ4v) is 2.43. The van der Waals surface area contributed by atoms with E-state index in [1.165, 1.54) is 12.4 Å². The van der Waals surface area contributed by atoms with E-state index in [2.05, 4.69) is 20.4 Å². The molecule has 2 aromatic heterocycles. The Kier molecular flexibility index (Phi) is 4.81. The molecule has 2 N–H and O–H groups in total. The Labute approximate surface area is 141 Å². The zero-order valence-corrected chi connectivity index (χ0v) is 13.0. The summed E-state index contributed by atoms with van der Waals surface area (Å²) in [7, 11) is 0. The number of hydrogen-bond donors (Lipinski definition) is 2. The minimum atomic E-state index is -1.18. The topological polar surface area (TPSA) is 99.7 Å². The van der Waals surface area contributed by atoms with Gasteiger partial charge >= 0.3 is 0 Å². The summed E-state index contributed by atoms with van der Waals surface area (Å²) >= 11 is 0. The third kappa shape index (κ3) is 3.54. The number of benzene rings is 1. The van der Waals surface area contributed by atoms with Gasteiger partial charge in [-0.1, -0.05) is 6.07 Å². The van der Waals surface area contributed by atoms with Crippen molar-refractivity contribution in [3.8, 4) is 6.07 Å². The maximum Gasteiger partial charge on any atom is 0.163 e. The number of fused-ring (bicyclic) bond motifs is 1. The predicted octanol–water partition coefficient (Wildman–Crippen LogP) is 2.16. The third-order valence-corrected chi connectivity index (χ3v) is 3.65. The molecule has 0 amide bonds. The van der Waals surface area contributed by atoms with E-state index in [9.17, 15) is 13.9 Å². The van der Waals surface area contributed by atoms with E-state index in [1.807, 2.05) is 6.07 Å². The molecule has 0 spiro atoms. The highest BCUT2D eigenvalue weighted by Crippen LogP contribution is 2.22. The van der Waals surface area contributed by atoms with Crippen LogP contribution in [0.15, 0.2) is 30.7 Å². The van der Waals surface area contributed by atoms with Gasteiger partial charge in [0.1, 0.15) is 23.8 Å². The summed E-state index contributed by atoms with van der Waals surface area (Å²) in [5, 5.41) is 26.5. The Hall–Kier alpha value is -3.12. The molecule has 0 saturated carbocycles. The molecule has 1 aromatic carbocycles. The minimum Gasteiger partial charge on any atom is -0.386 e. The molecule has 0 unspecified atom stereocenters. The van der Waals surface area contributed by atoms with E-state index >= 15 is 0 Å². The van der Waals surface area contributed by atoms with Crippen molar-refractivity contribution in [1.82, 2.24) is 19.7 Å². The lowest BCUT2D eigenvalue weighted by Crippen LogP contribution is -2.14. The summed E-state index contributed by atoms with van der Waals surface area (Å²) in [6.07, 6.45) is 2.01. The summed E-state index contributed by atoms with van der Waals surface area (Å²) in [5.74, 6) is -1.09. The van der Waals surface area contributed by atoms with E-state index in [0.717, 1.165) is 12.1 Å². The molecule has 0 saturated heterocycles. The van der Waals surface area contributed by atoms with E-state index in [1.54, 1.807) is 10.9 Å². The number of anilines is 1. The first-order valence-electron chi connectivity index (χ1n) is 7.50. The van der Waals surface area contributed by atoms with E-state index in [-0.39, 0.29) is 12.1 Å². The number of hydrogen-bond acceptors (Lipinski definition) is 6. The molecule has 1 atom stereocenters. The first-order chi connectivity index (χ1) is 12.1. The molecule has 3 rings (SSSR count). The average molecular weight is 344 g/mol. The van der Waals surface area contributed by atoms with Crippen LogP contribution in [0, 0.1) is 23.0 Å². The van der Waals surface area contributed by atoms with Crippen LogP contribution in [0.25, 0.3) is 11.0 Å². The Bertz CT molecular complexity index is 936. The fraction of sp³-hybridized carbons (Fsp3) is 0.250. The number of halogens is 2. The zero-order valence-electron chi connectivity index (χ0n) is 13.0. The van der Waals surface area contributed by atoms with Crippen LogP contribution in [0.1, 0.15) is 18.1 Å². The van der Waals surface area contributed by atoms with Gasteiger partial charge < -0.3 is 10.4 Å². The van der Waals surface area contributed by atoms with Crippen molar-refractivity contribution in [2.45, 2.75) is 19.1 Å². The van der Waals surface area contributed by atoms with Gasteiger partial charge in [-0.25, -0.2) is 23.4 Å². The molecule has 25 heavy (non-hydrogen) atoms. The van der Waals surface area contributed by atoms with Crippen molar-refractivity contribution in [2.75, 3.05) is 11.9 Å². The number of aliphatic hydroxyl groups excluding tert-OH is 1. The smallest absolute Gasteiger partial charge is 0.163 e. The van der Waals surface area contributed by atoms with Gasteiger partial charge in [0.15, 0.2) is 5.65 Å². The molecule has 9 heteroatoms. The van der Waals surface area contributed by atoms with Crippen molar-refractivity contribution >= 4 is 16.9 Å². The van der Waals surface area contributed by atoms with Crippen LogP contribution >= 0.6 is 0 Å². The average Bonchev–Trinajstić information content (AvgIpc) is 3.01. The molecule has 0 fully saturated rings. The van der Waals surface area contributed by atoms with Gasteiger partial charge in [-0.05, 0) is 6.07 Å². The van der Waals surface area contributed by atoms with Crippen molar-refractivity contribution < 1.29 is 13.9 Å². The standard InChI is InChI=1S/C16H14F2N6O/c17-10-2-3-11(13(18)6-10)14(25)8-20-15-12-7-23-24(5-1-4-19)16(12)22-9-21-15/h2-3,6-7,9,14,25H,1,5,8H2,(H,20,21,22)/t14-/m0/s1. The number of aryl methyl sites for hydroxylation is 1. The van der Waals surface area contributed by atoms with Gasteiger partial charge in [0.25, 0.3) is 0 Å². The maximum atomic E-state index is 13.7. The van der Waals surface area contributed by atoms with Gasteiger partial charge in [-0.2, -0.15) is 10.4 Å². The second-order valence-corrected chi connectivity index (χ2v) is 5.30. The maximum absolute atomic E-state index is 13.7. The predicted molar refractivity (Wildman–Crippen MR) is 85.4 cm³/mol. The lowest BCUT2D eigenvalue weighted by Gasteiger charge is -2.13. The number of aliphatic hydroxyl groups is 1. The molecule has 0 bridgehead atoms. The Morgan fingerprint density at radius 2 is 2.16 bits per heavy atom. The first kappa shape index (κ1) is 16.7. The van der Waals surface area contributed by atoms with Crippen LogP contribution in [0.2, 0.25) is 0 Å². The Balaban J connectivity index is 1.77. The van der Waals surface area contributed by atoms with Crippen molar-refractivity contribution in [3.05, 3.63) is 47.9 Å². The van der Waals surface area contributed by atoms with E-state index in [0.29, 0.717) is 29.8 Å². The summed E-state index contributed by atoms with van der Waals surface area (Å²) < 4.78 is 28.2. The van der Waals surface area contributed by atoms with Gasteiger partial charge in [0.05, 0.1) is 36.7 Å². The second kappa shape index (κ2) is 7.19. The molecular formula is C16H14F2N6O. The van der Waals surface area contributed by atoms with Gasteiger partial charge in [0, 0.05) is 18.2 Å². The number of nitrogens with one attached hydrogen (secondary N) is 1. The van der Waals surface area contributed by atoms with Crippen LogP contribution in [0.3, 0.4) is 0 Å². The number of rotatable bonds is 6. The van der Waals surface area contributed by atoms with Crippen LogP contribution < -0.4 is 5.32 Å². The van der Waals surface area contributed by atoms with Crippen LogP contribution in [-0.2, 0) is 6.54 Å². The molecule has 3 aromatic rings. The van der Waals surface area contributed by atoms with Gasteiger partial charge in [-0.15, -0.1) is 0 Å². The van der Waals surface area contributed by atoms with Crippen LogP contribution in [0.4, 0.5) is 14.6 Å². The normalized spacial score (nSPS) is 12.1. The number of nitriles is 1. The zero-order chi connectivity index (χ0) is 17.8. The van der Waals surface area contributed by atoms with Crippen LogP contribution in [-0.4, -0.2) is 31.4 Å². The highest BCUT2D eigenvalue weighted by atomic mass is 19.1. The van der Waals surface area contributed by atoms with Crippen molar-refractivity contribution in [1.29, 1.82) is 5.26 Å². The van der Waals surface area contributed by atoms with Crippen LogP contribution in [0.5, 0.6) is 0 Å². The fourth-order valence-electron chi connectivity index (χ4n) is 2.43. The molecule has 0 radical (unpaired) electrons. The quantitative estimate of drug-likeness (QED) is 0.711. The lowest BCUT2D eigenvalue weighted by atomic mass is 10.1. The molecule has 7 nitrogen and oxygen atoms in total. The third-order valence-electron chi connectivity index (χ3n) is 3.65. The minimum absolute atomic E-state index is 0.0103. The van der Waals surface area contributed by atoms with Crippen molar-refractivity contribution in [3.63, 3.8) is 0 Å². The molecule has 128 valence electrons. The number of nitrogens with zero attached hydrogens (tertiary/aromatic N) is 5. The molecular weight excluding hydrogens is 330 g/mol. The van der Waals surface area contributed by atoms with E-state index < -0.39 is 17.7 Å². The second-order valence-electron chi connectivity index (χ2n) is 5.30. The Morgan fingerprint density at radius 1 is 1.32 bits per heavy atom. The van der Waals surface area contributed by atoms with Gasteiger partial charge in [0.2, 0.25) is 0 Å². The molecule has 0 aliphatic rings. The van der Waals surface area contributed by atoms with Crippen molar-refractivity contribution in [2.24, 2.45) is 0 Å². The summed E-state index contributed by atoms with van der Waals surface area (Å²) in [5.41, 5.74) is 0.541. The molecule has 0 aliphatic carbocycles. The number of aromatic nitrogens is 4.